The zero-order valence-electron chi connectivity index (χ0n) is 16.7. The summed E-state index contributed by atoms with van der Waals surface area (Å²) >= 11 is 8.58. The van der Waals surface area contributed by atoms with Gasteiger partial charge in [0, 0.05) is 17.3 Å². The molecule has 0 saturated heterocycles. The van der Waals surface area contributed by atoms with Crippen LogP contribution in [0.25, 0.3) is 0 Å². The molecule has 2 aromatic carbocycles. The fraction of sp³-hybridized carbons (Fsp3) is 0.286. The molecule has 0 aliphatic heterocycles. The van der Waals surface area contributed by atoms with Gasteiger partial charge in [0.1, 0.15) is 12.4 Å². The van der Waals surface area contributed by atoms with Gasteiger partial charge in [-0.1, -0.05) is 22.9 Å². The third-order valence-electron chi connectivity index (χ3n) is 3.77. The molecule has 0 aromatic heterocycles. The van der Waals surface area contributed by atoms with Crippen LogP contribution in [0, 0.1) is 0 Å². The number of anilines is 1. The maximum atomic E-state index is 12.7. The molecule has 2 N–H and O–H groups in total. The van der Waals surface area contributed by atoms with Crippen molar-refractivity contribution >= 4 is 50.8 Å². The maximum Gasteiger partial charge on any atom is 0.338 e. The number of ether oxygens (including phenoxy) is 3. The van der Waals surface area contributed by atoms with Gasteiger partial charge in [-0.2, -0.15) is 0 Å². The van der Waals surface area contributed by atoms with Crippen LogP contribution in [0.3, 0.4) is 0 Å². The Morgan fingerprint density at radius 2 is 1.80 bits per heavy atom. The highest BCUT2D eigenvalue weighted by atomic mass is 79.9. The van der Waals surface area contributed by atoms with E-state index in [2.05, 4.69) is 26.6 Å². The van der Waals surface area contributed by atoms with Crippen LogP contribution >= 0.6 is 28.1 Å². The molecule has 9 heteroatoms. The monoisotopic (exact) mass is 494 g/mol. The van der Waals surface area contributed by atoms with Gasteiger partial charge >= 0.3 is 5.97 Å². The second-order valence-corrected chi connectivity index (χ2v) is 7.43. The van der Waals surface area contributed by atoms with Crippen LogP contribution in [0.15, 0.2) is 46.9 Å². The van der Waals surface area contributed by atoms with Gasteiger partial charge in [-0.15, -0.1) is 0 Å². The molecule has 1 amide bonds. The summed E-state index contributed by atoms with van der Waals surface area (Å²) in [5, 5.41) is 5.65. The summed E-state index contributed by atoms with van der Waals surface area (Å²) in [6.45, 7) is 3.02. The van der Waals surface area contributed by atoms with E-state index in [0.717, 1.165) is 10.9 Å². The molecule has 2 rings (SSSR count). The first-order valence-corrected chi connectivity index (χ1v) is 10.5. The van der Waals surface area contributed by atoms with Gasteiger partial charge in [0.25, 0.3) is 5.91 Å². The molecule has 0 aliphatic rings. The molecule has 2 aromatic rings. The lowest BCUT2D eigenvalue weighted by atomic mass is 10.2. The van der Waals surface area contributed by atoms with E-state index in [4.69, 9.17) is 26.4 Å². The Morgan fingerprint density at radius 1 is 1.07 bits per heavy atom. The van der Waals surface area contributed by atoms with E-state index in [-0.39, 0.29) is 11.1 Å². The summed E-state index contributed by atoms with van der Waals surface area (Å²) in [6, 6.07) is 11.7. The summed E-state index contributed by atoms with van der Waals surface area (Å²) in [5.74, 6) is -0.374. The lowest BCUT2D eigenvalue weighted by Gasteiger charge is -2.13. The predicted octanol–water partition coefficient (Wildman–Crippen LogP) is 4.17. The van der Waals surface area contributed by atoms with Gasteiger partial charge in [0.2, 0.25) is 0 Å². The van der Waals surface area contributed by atoms with Gasteiger partial charge in [0.15, 0.2) is 5.11 Å². The number of nitrogens with one attached hydrogen (secondary N) is 2. The van der Waals surface area contributed by atoms with E-state index in [9.17, 15) is 9.59 Å². The fourth-order valence-corrected chi connectivity index (χ4v) is 2.91. The van der Waals surface area contributed by atoms with Crippen molar-refractivity contribution in [3.63, 3.8) is 0 Å². The number of hydrogen-bond donors (Lipinski definition) is 2. The third-order valence-corrected chi connectivity index (χ3v) is 4.47. The second kappa shape index (κ2) is 12.3. The van der Waals surface area contributed by atoms with Crippen molar-refractivity contribution in [1.82, 2.24) is 5.32 Å². The van der Waals surface area contributed by atoms with Gasteiger partial charge in [-0.25, -0.2) is 4.79 Å². The van der Waals surface area contributed by atoms with Crippen molar-refractivity contribution in [3.05, 3.63) is 58.1 Å². The summed E-state index contributed by atoms with van der Waals surface area (Å²) in [7, 11) is 1.57. The molecular formula is C21H23BrN2O5S. The van der Waals surface area contributed by atoms with Crippen molar-refractivity contribution in [1.29, 1.82) is 0 Å². The minimum absolute atomic E-state index is 0.115. The Bertz CT molecular complexity index is 889. The first-order valence-electron chi connectivity index (χ1n) is 9.25. The quantitative estimate of drug-likeness (QED) is 0.307. The number of esters is 1. The molecule has 7 nitrogen and oxygen atoms in total. The highest BCUT2D eigenvalue weighted by Crippen LogP contribution is 2.23. The topological polar surface area (TPSA) is 85.9 Å². The normalized spacial score (nSPS) is 10.2. The molecule has 0 saturated carbocycles. The fourth-order valence-electron chi connectivity index (χ4n) is 2.34. The molecule has 0 spiro atoms. The Morgan fingerprint density at radius 3 is 2.47 bits per heavy atom. The summed E-state index contributed by atoms with van der Waals surface area (Å²) in [4.78, 5) is 24.5. The number of thiocarbonyl (C=S) groups is 1. The van der Waals surface area contributed by atoms with Gasteiger partial charge in [-0.05, 0) is 61.1 Å². The highest BCUT2D eigenvalue weighted by molar-refractivity contribution is 9.10. The molecule has 0 atom stereocenters. The minimum Gasteiger partial charge on any atom is -0.490 e. The Balaban J connectivity index is 1.98. The molecule has 30 heavy (non-hydrogen) atoms. The molecule has 0 heterocycles. The number of benzene rings is 2. The van der Waals surface area contributed by atoms with E-state index in [0.29, 0.717) is 42.4 Å². The number of amides is 1. The van der Waals surface area contributed by atoms with Crippen molar-refractivity contribution in [2.45, 2.75) is 13.3 Å². The maximum absolute atomic E-state index is 12.7. The largest absolute Gasteiger partial charge is 0.490 e. The van der Waals surface area contributed by atoms with Gasteiger partial charge in [0.05, 0.1) is 24.3 Å². The number of halogens is 1. The van der Waals surface area contributed by atoms with E-state index in [1.165, 1.54) is 0 Å². The Hall–Kier alpha value is -2.49. The number of carbonyl (C=O) groups excluding carboxylic acids is 2. The van der Waals surface area contributed by atoms with Crippen molar-refractivity contribution in [3.8, 4) is 5.75 Å². The smallest absolute Gasteiger partial charge is 0.338 e. The first kappa shape index (κ1) is 23.8. The standard InChI is InChI=1S/C21H23BrN2O5S/c1-3-10-29-20(26)14-4-7-16(8-5-14)23-21(30)24-19(25)17-13-15(22)6-9-18(17)28-12-11-27-2/h4-9,13H,3,10-12H2,1-2H3,(H2,23,24,25,30). The summed E-state index contributed by atoms with van der Waals surface area (Å²) in [6.07, 6.45) is 0.760. The lowest BCUT2D eigenvalue weighted by molar-refractivity contribution is 0.0505. The molecule has 0 aliphatic carbocycles. The SMILES string of the molecule is CCCOC(=O)c1ccc(NC(=S)NC(=O)c2cc(Br)ccc2OCCOC)cc1. The van der Waals surface area contributed by atoms with E-state index in [1.54, 1.807) is 49.6 Å². The number of carbonyl (C=O) groups is 2. The average molecular weight is 495 g/mol. The molecule has 0 unspecified atom stereocenters. The number of rotatable bonds is 9. The first-order chi connectivity index (χ1) is 14.4. The average Bonchev–Trinajstić information content (AvgIpc) is 2.73. The van der Waals surface area contributed by atoms with Crippen LogP contribution in [-0.2, 0) is 9.47 Å². The second-order valence-electron chi connectivity index (χ2n) is 6.10. The zero-order valence-corrected chi connectivity index (χ0v) is 19.1. The molecule has 0 bridgehead atoms. The summed E-state index contributed by atoms with van der Waals surface area (Å²) in [5.41, 5.74) is 1.40. The predicted molar refractivity (Wildman–Crippen MR) is 122 cm³/mol. The molecular weight excluding hydrogens is 472 g/mol. The third kappa shape index (κ3) is 7.40. The van der Waals surface area contributed by atoms with Crippen molar-refractivity contribution in [2.75, 3.05) is 32.2 Å². The van der Waals surface area contributed by atoms with E-state index in [1.807, 2.05) is 6.92 Å². The van der Waals surface area contributed by atoms with Crippen LogP contribution in [0.5, 0.6) is 5.75 Å². The van der Waals surface area contributed by atoms with Crippen LogP contribution in [0.1, 0.15) is 34.1 Å². The van der Waals surface area contributed by atoms with Crippen LogP contribution in [0.4, 0.5) is 5.69 Å². The molecule has 160 valence electrons. The van der Waals surface area contributed by atoms with Crippen molar-refractivity contribution < 1.29 is 23.8 Å². The Kier molecular flexibility index (Phi) is 9.72. The highest BCUT2D eigenvalue weighted by Gasteiger charge is 2.15. The molecule has 0 fully saturated rings. The number of hydrogen-bond acceptors (Lipinski definition) is 6. The lowest BCUT2D eigenvalue weighted by Crippen LogP contribution is -2.34. The zero-order chi connectivity index (χ0) is 21.9. The van der Waals surface area contributed by atoms with Crippen LogP contribution in [-0.4, -0.2) is 43.9 Å². The van der Waals surface area contributed by atoms with Gasteiger partial charge < -0.3 is 19.5 Å². The molecule has 0 radical (unpaired) electrons. The van der Waals surface area contributed by atoms with Crippen LogP contribution in [0.2, 0.25) is 0 Å². The van der Waals surface area contributed by atoms with E-state index >= 15 is 0 Å². The van der Waals surface area contributed by atoms with E-state index < -0.39 is 5.91 Å². The minimum atomic E-state index is -0.416. The van der Waals surface area contributed by atoms with Crippen molar-refractivity contribution in [2.24, 2.45) is 0 Å². The number of methoxy groups -OCH3 is 1. The Labute approximate surface area is 189 Å². The summed E-state index contributed by atoms with van der Waals surface area (Å²) < 4.78 is 16.4. The van der Waals surface area contributed by atoms with Crippen LogP contribution < -0.4 is 15.4 Å². The van der Waals surface area contributed by atoms with Gasteiger partial charge in [-0.3, -0.25) is 10.1 Å².